The van der Waals surface area contributed by atoms with Crippen LogP contribution in [0.3, 0.4) is 0 Å². The number of carbonyl (C=O) groups is 2. The Hall–Kier alpha value is -4.25. The van der Waals surface area contributed by atoms with Gasteiger partial charge in [0.15, 0.2) is 5.82 Å². The molecule has 0 fully saturated rings. The van der Waals surface area contributed by atoms with E-state index in [4.69, 9.17) is 9.47 Å². The summed E-state index contributed by atoms with van der Waals surface area (Å²) < 4.78 is 51.5. The molecule has 0 unspecified atom stereocenters. The average molecular weight is 597 g/mol. The van der Waals surface area contributed by atoms with Gasteiger partial charge in [-0.2, -0.15) is 13.2 Å². The summed E-state index contributed by atoms with van der Waals surface area (Å²) in [6, 6.07) is 10.8. The van der Waals surface area contributed by atoms with Crippen LogP contribution < -0.4 is 10.6 Å². The maximum Gasteiger partial charge on any atom is 0.416 e. The quantitative estimate of drug-likeness (QED) is 0.303. The number of hydrogen-bond donors (Lipinski definition) is 2. The summed E-state index contributed by atoms with van der Waals surface area (Å²) in [5, 5.41) is 5.62. The van der Waals surface area contributed by atoms with Gasteiger partial charge < -0.3 is 20.1 Å². The van der Waals surface area contributed by atoms with Gasteiger partial charge in [-0.05, 0) is 87.1 Å². The second-order valence-corrected chi connectivity index (χ2v) is 11.3. The number of rotatable bonds is 7. The first-order valence-electron chi connectivity index (χ1n) is 13.9. The number of benzene rings is 2. The zero-order valence-corrected chi connectivity index (χ0v) is 24.7. The van der Waals surface area contributed by atoms with Crippen LogP contribution in [0, 0.1) is 0 Å². The van der Waals surface area contributed by atoms with Crippen LogP contribution >= 0.6 is 0 Å². The normalized spacial score (nSPS) is 15.2. The van der Waals surface area contributed by atoms with Crippen molar-refractivity contribution in [3.63, 3.8) is 0 Å². The summed E-state index contributed by atoms with van der Waals surface area (Å²) in [4.78, 5) is 34.0. The molecule has 0 spiro atoms. The van der Waals surface area contributed by atoms with Crippen molar-refractivity contribution in [2.45, 2.75) is 64.9 Å². The first kappa shape index (κ1) is 31.7. The SMILES string of the molecule is C[C@@H](NC(=O)c1ccnc(C2=CCOCC2)n1)c1ccc(-c2cc(C(F)(F)F)ccc2[C@@H](C)NC(=O)OC(C)(C)C)cc1. The fraction of sp³-hybridized carbons (Fsp3) is 0.375. The summed E-state index contributed by atoms with van der Waals surface area (Å²) in [5.41, 5.74) is 1.69. The van der Waals surface area contributed by atoms with E-state index in [-0.39, 0.29) is 11.6 Å². The molecule has 2 atom stereocenters. The first-order valence-corrected chi connectivity index (χ1v) is 13.9. The lowest BCUT2D eigenvalue weighted by Gasteiger charge is -2.24. The average Bonchev–Trinajstić information content (AvgIpc) is 2.96. The summed E-state index contributed by atoms with van der Waals surface area (Å²) in [5.74, 6) is 0.107. The van der Waals surface area contributed by atoms with E-state index in [0.29, 0.717) is 42.1 Å². The van der Waals surface area contributed by atoms with E-state index in [2.05, 4.69) is 20.6 Å². The number of nitrogens with one attached hydrogen (secondary N) is 2. The molecule has 1 aliphatic heterocycles. The largest absolute Gasteiger partial charge is 0.444 e. The van der Waals surface area contributed by atoms with Crippen LogP contribution in [-0.2, 0) is 15.7 Å². The number of nitrogens with zero attached hydrogens (tertiary/aromatic N) is 2. The van der Waals surface area contributed by atoms with E-state index < -0.39 is 35.5 Å². The van der Waals surface area contributed by atoms with Gasteiger partial charge in [0.1, 0.15) is 11.3 Å². The summed E-state index contributed by atoms with van der Waals surface area (Å²) in [6.45, 7) is 9.70. The molecule has 11 heteroatoms. The van der Waals surface area contributed by atoms with Gasteiger partial charge in [-0.1, -0.05) is 36.4 Å². The van der Waals surface area contributed by atoms with Crippen molar-refractivity contribution in [2.24, 2.45) is 0 Å². The molecule has 0 radical (unpaired) electrons. The number of halogens is 3. The molecule has 0 saturated heterocycles. The van der Waals surface area contributed by atoms with Crippen molar-refractivity contribution in [3.8, 4) is 11.1 Å². The van der Waals surface area contributed by atoms with Gasteiger partial charge in [0.25, 0.3) is 5.91 Å². The third-order valence-electron chi connectivity index (χ3n) is 6.79. The molecule has 2 amide bonds. The van der Waals surface area contributed by atoms with E-state index in [9.17, 15) is 22.8 Å². The number of hydrogen-bond acceptors (Lipinski definition) is 6. The Morgan fingerprint density at radius 2 is 1.70 bits per heavy atom. The maximum atomic E-state index is 13.6. The standard InChI is InChI=1S/C32H35F3N4O4/c1-19(37-29(40)27-12-15-36-28(39-27)23-13-16-42-17-14-23)21-6-8-22(9-7-21)26-18-24(32(33,34)35)10-11-25(26)20(2)38-30(41)43-31(3,4)5/h6-13,15,18-20H,14,16-17H2,1-5H3,(H,37,40)(H,38,41)/t19-,20-/m1/s1. The predicted molar refractivity (Wildman–Crippen MR) is 156 cm³/mol. The number of amides is 2. The minimum Gasteiger partial charge on any atom is -0.444 e. The van der Waals surface area contributed by atoms with Gasteiger partial charge >= 0.3 is 12.3 Å². The Morgan fingerprint density at radius 3 is 2.33 bits per heavy atom. The Bertz CT molecular complexity index is 1500. The molecular weight excluding hydrogens is 561 g/mol. The zero-order chi connectivity index (χ0) is 31.4. The van der Waals surface area contributed by atoms with Crippen molar-refractivity contribution in [1.82, 2.24) is 20.6 Å². The van der Waals surface area contributed by atoms with Crippen LogP contribution in [0.4, 0.5) is 18.0 Å². The predicted octanol–water partition coefficient (Wildman–Crippen LogP) is 7.04. The van der Waals surface area contributed by atoms with Gasteiger partial charge in [0.2, 0.25) is 0 Å². The second-order valence-electron chi connectivity index (χ2n) is 11.3. The van der Waals surface area contributed by atoms with Gasteiger partial charge in [-0.3, -0.25) is 4.79 Å². The van der Waals surface area contributed by atoms with Crippen LogP contribution in [-0.4, -0.2) is 40.8 Å². The minimum absolute atomic E-state index is 0.223. The molecule has 2 aromatic carbocycles. The van der Waals surface area contributed by atoms with Crippen LogP contribution in [0.2, 0.25) is 0 Å². The highest BCUT2D eigenvalue weighted by molar-refractivity contribution is 5.92. The van der Waals surface area contributed by atoms with E-state index in [0.717, 1.165) is 23.3 Å². The van der Waals surface area contributed by atoms with Gasteiger partial charge in [0, 0.05) is 6.20 Å². The lowest BCUT2D eigenvalue weighted by molar-refractivity contribution is -0.137. The Kier molecular flexibility index (Phi) is 9.54. The summed E-state index contributed by atoms with van der Waals surface area (Å²) >= 11 is 0. The topological polar surface area (TPSA) is 102 Å². The molecule has 2 heterocycles. The molecule has 228 valence electrons. The van der Waals surface area contributed by atoms with Crippen molar-refractivity contribution in [1.29, 1.82) is 0 Å². The molecule has 1 aromatic heterocycles. The molecule has 0 bridgehead atoms. The summed E-state index contributed by atoms with van der Waals surface area (Å²) in [6.07, 6.45) is -1.12. The van der Waals surface area contributed by atoms with E-state index in [1.54, 1.807) is 65.1 Å². The van der Waals surface area contributed by atoms with Crippen LogP contribution in [0.25, 0.3) is 16.7 Å². The van der Waals surface area contributed by atoms with Gasteiger partial charge in [-0.15, -0.1) is 0 Å². The Labute approximate surface area is 248 Å². The molecule has 8 nitrogen and oxygen atoms in total. The number of alkyl halides is 3. The fourth-order valence-corrected chi connectivity index (χ4v) is 4.60. The molecule has 1 aliphatic rings. The third kappa shape index (κ3) is 8.41. The lowest BCUT2D eigenvalue weighted by Crippen LogP contribution is -2.34. The monoisotopic (exact) mass is 596 g/mol. The minimum atomic E-state index is -4.55. The number of carbonyl (C=O) groups excluding carboxylic acids is 2. The maximum absolute atomic E-state index is 13.6. The molecule has 0 saturated carbocycles. The van der Waals surface area contributed by atoms with Crippen molar-refractivity contribution in [3.05, 3.63) is 89.0 Å². The number of alkyl carbamates (subject to hydrolysis) is 1. The number of aromatic nitrogens is 2. The van der Waals surface area contributed by atoms with Crippen LogP contribution in [0.5, 0.6) is 0 Å². The van der Waals surface area contributed by atoms with Crippen molar-refractivity contribution >= 4 is 17.6 Å². The molecule has 2 N–H and O–H groups in total. The molecule has 0 aliphatic carbocycles. The van der Waals surface area contributed by atoms with Gasteiger partial charge in [0.05, 0.1) is 30.9 Å². The number of ether oxygens (including phenoxy) is 2. The second kappa shape index (κ2) is 12.9. The Morgan fingerprint density at radius 1 is 0.977 bits per heavy atom. The highest BCUT2D eigenvalue weighted by atomic mass is 19.4. The van der Waals surface area contributed by atoms with Crippen molar-refractivity contribution in [2.75, 3.05) is 13.2 Å². The fourth-order valence-electron chi connectivity index (χ4n) is 4.60. The highest BCUT2D eigenvalue weighted by Crippen LogP contribution is 2.36. The van der Waals surface area contributed by atoms with Gasteiger partial charge in [-0.25, -0.2) is 14.8 Å². The zero-order valence-electron chi connectivity index (χ0n) is 24.7. The van der Waals surface area contributed by atoms with E-state index in [1.165, 1.54) is 12.1 Å². The molecule has 43 heavy (non-hydrogen) atoms. The van der Waals surface area contributed by atoms with Crippen molar-refractivity contribution < 1.29 is 32.2 Å². The van der Waals surface area contributed by atoms with E-state index >= 15 is 0 Å². The molecule has 4 rings (SSSR count). The molecular formula is C32H35F3N4O4. The van der Waals surface area contributed by atoms with E-state index in [1.807, 2.05) is 6.08 Å². The third-order valence-corrected chi connectivity index (χ3v) is 6.79. The first-order chi connectivity index (χ1) is 20.2. The van der Waals surface area contributed by atoms with Crippen LogP contribution in [0.1, 0.15) is 86.1 Å². The highest BCUT2D eigenvalue weighted by Gasteiger charge is 2.32. The smallest absolute Gasteiger partial charge is 0.416 e. The van der Waals surface area contributed by atoms with Crippen LogP contribution in [0.15, 0.2) is 60.8 Å². The Balaban J connectivity index is 1.54. The lowest BCUT2D eigenvalue weighted by atomic mass is 9.92. The molecule has 3 aromatic rings. The summed E-state index contributed by atoms with van der Waals surface area (Å²) in [7, 11) is 0.